The molecule has 1 aliphatic rings. The van der Waals surface area contributed by atoms with E-state index in [4.69, 9.17) is 10.3 Å². The van der Waals surface area contributed by atoms with Crippen LogP contribution in [-0.2, 0) is 6.54 Å². The lowest BCUT2D eigenvalue weighted by Crippen LogP contribution is -2.42. The van der Waals surface area contributed by atoms with E-state index >= 15 is 0 Å². The summed E-state index contributed by atoms with van der Waals surface area (Å²) in [7, 11) is 0. The van der Waals surface area contributed by atoms with E-state index in [-0.39, 0.29) is 0 Å². The highest BCUT2D eigenvalue weighted by molar-refractivity contribution is 4.92. The fourth-order valence-electron chi connectivity index (χ4n) is 2.43. The van der Waals surface area contributed by atoms with E-state index in [1.807, 2.05) is 0 Å². The van der Waals surface area contributed by atoms with Crippen LogP contribution in [0.1, 0.15) is 44.8 Å². The second kappa shape index (κ2) is 5.80. The van der Waals surface area contributed by atoms with Crippen LogP contribution in [0, 0.1) is 11.8 Å². The number of nitrogens with zero attached hydrogens (tertiary/aromatic N) is 3. The molecular formula is C13H24N4O. The molecule has 2 atom stereocenters. The normalized spacial score (nSPS) is 25.8. The van der Waals surface area contributed by atoms with Crippen LogP contribution in [0.25, 0.3) is 0 Å². The maximum Gasteiger partial charge on any atom is 0.240 e. The Morgan fingerprint density at radius 1 is 1.50 bits per heavy atom. The van der Waals surface area contributed by atoms with Crippen molar-refractivity contribution >= 4 is 0 Å². The van der Waals surface area contributed by atoms with Crippen molar-refractivity contribution in [2.75, 3.05) is 19.6 Å². The molecule has 5 nitrogen and oxygen atoms in total. The Labute approximate surface area is 109 Å². The molecule has 1 aromatic heterocycles. The summed E-state index contributed by atoms with van der Waals surface area (Å²) in [5.74, 6) is 3.15. The van der Waals surface area contributed by atoms with E-state index in [0.29, 0.717) is 11.8 Å². The van der Waals surface area contributed by atoms with Crippen molar-refractivity contribution in [2.24, 2.45) is 17.6 Å². The van der Waals surface area contributed by atoms with Gasteiger partial charge in [0.25, 0.3) is 0 Å². The molecule has 0 bridgehead atoms. The largest absolute Gasteiger partial charge is 0.338 e. The summed E-state index contributed by atoms with van der Waals surface area (Å²) in [5, 5.41) is 4.00. The number of rotatable bonds is 4. The fourth-order valence-corrected chi connectivity index (χ4v) is 2.43. The molecule has 0 aromatic carbocycles. The van der Waals surface area contributed by atoms with Crippen molar-refractivity contribution in [1.29, 1.82) is 0 Å². The van der Waals surface area contributed by atoms with E-state index in [0.717, 1.165) is 43.8 Å². The quantitative estimate of drug-likeness (QED) is 0.881. The molecule has 102 valence electrons. The minimum atomic E-state index is 0.320. The topological polar surface area (TPSA) is 68.2 Å². The molecule has 0 amide bonds. The van der Waals surface area contributed by atoms with Gasteiger partial charge in [-0.3, -0.25) is 4.90 Å². The first-order valence-electron chi connectivity index (χ1n) is 6.85. The number of hydrogen-bond donors (Lipinski definition) is 1. The molecule has 1 fully saturated rings. The first-order valence-corrected chi connectivity index (χ1v) is 6.85. The lowest BCUT2D eigenvalue weighted by molar-refractivity contribution is 0.114. The maximum atomic E-state index is 5.82. The van der Waals surface area contributed by atoms with Gasteiger partial charge in [0.1, 0.15) is 0 Å². The van der Waals surface area contributed by atoms with E-state index in [1.54, 1.807) is 0 Å². The van der Waals surface area contributed by atoms with Gasteiger partial charge in [-0.05, 0) is 31.3 Å². The molecule has 18 heavy (non-hydrogen) atoms. The molecule has 1 saturated heterocycles. The van der Waals surface area contributed by atoms with Gasteiger partial charge in [-0.2, -0.15) is 4.98 Å². The molecule has 2 heterocycles. The van der Waals surface area contributed by atoms with E-state index in [1.165, 1.54) is 6.42 Å². The van der Waals surface area contributed by atoms with Crippen LogP contribution >= 0.6 is 0 Å². The Bertz CT molecular complexity index is 377. The Hall–Kier alpha value is -0.940. The molecule has 0 saturated carbocycles. The molecular weight excluding hydrogens is 228 g/mol. The van der Waals surface area contributed by atoms with E-state index in [2.05, 4.69) is 35.8 Å². The second-order valence-electron chi connectivity index (χ2n) is 5.70. The Morgan fingerprint density at radius 2 is 2.28 bits per heavy atom. The average Bonchev–Trinajstić information content (AvgIpc) is 2.80. The third-order valence-electron chi connectivity index (χ3n) is 3.86. The zero-order chi connectivity index (χ0) is 13.1. The summed E-state index contributed by atoms with van der Waals surface area (Å²) < 4.78 is 5.29. The summed E-state index contributed by atoms with van der Waals surface area (Å²) in [6.07, 6.45) is 1.20. The molecule has 0 aliphatic carbocycles. The van der Waals surface area contributed by atoms with Crippen molar-refractivity contribution in [2.45, 2.75) is 39.7 Å². The summed E-state index contributed by atoms with van der Waals surface area (Å²) >= 11 is 0. The summed E-state index contributed by atoms with van der Waals surface area (Å²) in [4.78, 5) is 6.79. The number of nitrogens with two attached hydrogens (primary N) is 1. The zero-order valence-electron chi connectivity index (χ0n) is 11.6. The van der Waals surface area contributed by atoms with Crippen LogP contribution in [0.15, 0.2) is 4.52 Å². The first-order chi connectivity index (χ1) is 8.60. The van der Waals surface area contributed by atoms with Gasteiger partial charge >= 0.3 is 0 Å². The van der Waals surface area contributed by atoms with E-state index < -0.39 is 0 Å². The van der Waals surface area contributed by atoms with Gasteiger partial charge in [-0.1, -0.05) is 25.9 Å². The highest BCUT2D eigenvalue weighted by atomic mass is 16.5. The van der Waals surface area contributed by atoms with Gasteiger partial charge in [0, 0.05) is 12.5 Å². The number of hydrogen-bond acceptors (Lipinski definition) is 5. The standard InChI is InChI=1S/C13H24N4O/c1-9(2)13-15-12(18-16-13)8-17-5-4-10(3)11(6-14)7-17/h9-11H,4-8,14H2,1-3H3. The average molecular weight is 252 g/mol. The predicted molar refractivity (Wildman–Crippen MR) is 70.0 cm³/mol. The van der Waals surface area contributed by atoms with Gasteiger partial charge < -0.3 is 10.3 Å². The molecule has 2 unspecified atom stereocenters. The predicted octanol–water partition coefficient (Wildman–Crippen LogP) is 1.61. The Kier molecular flexibility index (Phi) is 4.35. The molecule has 1 aromatic rings. The zero-order valence-corrected chi connectivity index (χ0v) is 11.6. The summed E-state index contributed by atoms with van der Waals surface area (Å²) in [6.45, 7) is 10.1. The molecule has 2 rings (SSSR count). The van der Waals surface area contributed by atoms with Crippen LogP contribution < -0.4 is 5.73 Å². The molecule has 5 heteroatoms. The highest BCUT2D eigenvalue weighted by Crippen LogP contribution is 2.23. The summed E-state index contributed by atoms with van der Waals surface area (Å²) in [5.41, 5.74) is 5.82. The van der Waals surface area contributed by atoms with Crippen molar-refractivity contribution in [3.8, 4) is 0 Å². The molecule has 0 radical (unpaired) electrons. The first kappa shape index (κ1) is 13.5. The van der Waals surface area contributed by atoms with Crippen LogP contribution in [0.3, 0.4) is 0 Å². The van der Waals surface area contributed by atoms with Gasteiger partial charge in [0.2, 0.25) is 5.89 Å². The van der Waals surface area contributed by atoms with Gasteiger partial charge in [-0.15, -0.1) is 0 Å². The van der Waals surface area contributed by atoms with Crippen molar-refractivity contribution in [3.63, 3.8) is 0 Å². The minimum Gasteiger partial charge on any atom is -0.338 e. The number of piperidine rings is 1. The molecule has 2 N–H and O–H groups in total. The molecule has 0 spiro atoms. The SMILES string of the molecule is CC(C)c1noc(CN2CCC(C)C(CN)C2)n1. The number of aromatic nitrogens is 2. The minimum absolute atomic E-state index is 0.320. The Balaban J connectivity index is 1.92. The van der Waals surface area contributed by atoms with Crippen LogP contribution in [0.4, 0.5) is 0 Å². The highest BCUT2D eigenvalue weighted by Gasteiger charge is 2.26. The van der Waals surface area contributed by atoms with Crippen LogP contribution in [0.5, 0.6) is 0 Å². The smallest absolute Gasteiger partial charge is 0.240 e. The number of likely N-dealkylation sites (tertiary alicyclic amines) is 1. The third kappa shape index (κ3) is 3.09. The Morgan fingerprint density at radius 3 is 2.89 bits per heavy atom. The van der Waals surface area contributed by atoms with Crippen molar-refractivity contribution in [1.82, 2.24) is 15.0 Å². The lowest BCUT2D eigenvalue weighted by atomic mass is 9.87. The third-order valence-corrected chi connectivity index (χ3v) is 3.86. The van der Waals surface area contributed by atoms with E-state index in [9.17, 15) is 0 Å². The maximum absolute atomic E-state index is 5.82. The summed E-state index contributed by atoms with van der Waals surface area (Å²) in [6, 6.07) is 0. The van der Waals surface area contributed by atoms with Crippen LogP contribution in [0.2, 0.25) is 0 Å². The van der Waals surface area contributed by atoms with Crippen molar-refractivity contribution in [3.05, 3.63) is 11.7 Å². The monoisotopic (exact) mass is 252 g/mol. The lowest BCUT2D eigenvalue weighted by Gasteiger charge is -2.35. The fraction of sp³-hybridized carbons (Fsp3) is 0.846. The van der Waals surface area contributed by atoms with Crippen molar-refractivity contribution < 1.29 is 4.52 Å². The van der Waals surface area contributed by atoms with Crippen LogP contribution in [-0.4, -0.2) is 34.7 Å². The van der Waals surface area contributed by atoms with Gasteiger partial charge in [0.15, 0.2) is 5.82 Å². The second-order valence-corrected chi connectivity index (χ2v) is 5.70. The van der Waals surface area contributed by atoms with Gasteiger partial charge in [-0.25, -0.2) is 0 Å². The molecule has 1 aliphatic heterocycles. The van der Waals surface area contributed by atoms with Gasteiger partial charge in [0.05, 0.1) is 6.54 Å².